The van der Waals surface area contributed by atoms with Crippen molar-refractivity contribution in [1.82, 2.24) is 9.55 Å². The maximum absolute atomic E-state index is 12.8. The number of hydrogen-bond acceptors (Lipinski definition) is 8. The number of fused-ring (bicyclic) bond motifs is 1. The first-order valence-electron chi connectivity index (χ1n) is 9.99. The largest absolute Gasteiger partial charge is 0.497 e. The van der Waals surface area contributed by atoms with Gasteiger partial charge in [-0.1, -0.05) is 0 Å². The SMILES string of the molecule is COc1ccc(-c2cc3ncn(CC(=O)OCCOc4ccc(C#N)cc4)c(=O)c3s2)cc1. The number of rotatable bonds is 8. The molecule has 0 saturated heterocycles. The van der Waals surface area contributed by atoms with Crippen LogP contribution in [0.5, 0.6) is 11.5 Å². The lowest BCUT2D eigenvalue weighted by Gasteiger charge is -2.08. The van der Waals surface area contributed by atoms with Crippen LogP contribution in [0, 0.1) is 11.3 Å². The van der Waals surface area contributed by atoms with Crippen LogP contribution >= 0.6 is 11.3 Å². The van der Waals surface area contributed by atoms with Gasteiger partial charge in [0.1, 0.15) is 36.0 Å². The van der Waals surface area contributed by atoms with Crippen molar-refractivity contribution in [3.8, 4) is 28.0 Å². The lowest BCUT2D eigenvalue weighted by Crippen LogP contribution is -2.26. The molecule has 0 N–H and O–H groups in total. The molecule has 0 bridgehead atoms. The van der Waals surface area contributed by atoms with Gasteiger partial charge in [-0.05, 0) is 60.2 Å². The molecule has 0 fully saturated rings. The summed E-state index contributed by atoms with van der Waals surface area (Å²) in [6.07, 6.45) is 1.35. The van der Waals surface area contributed by atoms with E-state index >= 15 is 0 Å². The van der Waals surface area contributed by atoms with Crippen molar-refractivity contribution in [3.05, 3.63) is 76.8 Å². The maximum atomic E-state index is 12.8. The first-order chi connectivity index (χ1) is 16.1. The molecule has 0 aliphatic rings. The van der Waals surface area contributed by atoms with E-state index in [1.807, 2.05) is 36.4 Å². The number of benzene rings is 2. The third-order valence-corrected chi connectivity index (χ3v) is 5.94. The topological polar surface area (TPSA) is 103 Å². The predicted octanol–water partition coefficient (Wildman–Crippen LogP) is 3.63. The van der Waals surface area contributed by atoms with E-state index in [9.17, 15) is 9.59 Å². The molecule has 0 aliphatic carbocycles. The molecule has 33 heavy (non-hydrogen) atoms. The molecule has 0 atom stereocenters. The standard InChI is InChI=1S/C24H19N3O5S/c1-30-18-8-4-17(5-9-18)21-12-20-23(33-21)24(29)27(15-26-20)14-22(28)32-11-10-31-19-6-2-16(13-25)3-7-19/h2-9,12,15H,10-11,14H2,1H3. The van der Waals surface area contributed by atoms with Crippen LogP contribution in [0.3, 0.4) is 0 Å². The Kier molecular flexibility index (Phi) is 6.66. The highest BCUT2D eigenvalue weighted by Crippen LogP contribution is 2.31. The molecule has 0 saturated carbocycles. The second-order valence-electron chi connectivity index (χ2n) is 6.94. The van der Waals surface area contributed by atoms with E-state index in [0.29, 0.717) is 21.5 Å². The molecule has 0 amide bonds. The smallest absolute Gasteiger partial charge is 0.326 e. The average molecular weight is 461 g/mol. The van der Waals surface area contributed by atoms with Crippen molar-refractivity contribution in [3.63, 3.8) is 0 Å². The molecular formula is C24H19N3O5S. The Labute approximate surface area is 193 Å². The summed E-state index contributed by atoms with van der Waals surface area (Å²) >= 11 is 1.32. The van der Waals surface area contributed by atoms with Crippen LogP contribution in [0.15, 0.2) is 65.7 Å². The van der Waals surface area contributed by atoms with Crippen molar-refractivity contribution in [2.24, 2.45) is 0 Å². The van der Waals surface area contributed by atoms with Gasteiger partial charge in [0.25, 0.3) is 5.56 Å². The lowest BCUT2D eigenvalue weighted by molar-refractivity contribution is -0.145. The Balaban J connectivity index is 1.36. The molecule has 166 valence electrons. The van der Waals surface area contributed by atoms with Gasteiger partial charge in [0.05, 0.1) is 30.6 Å². The molecule has 0 radical (unpaired) electrons. The van der Waals surface area contributed by atoms with Crippen LogP contribution in [-0.4, -0.2) is 35.8 Å². The average Bonchev–Trinajstić information content (AvgIpc) is 3.29. The van der Waals surface area contributed by atoms with Crippen LogP contribution in [0.1, 0.15) is 5.56 Å². The number of methoxy groups -OCH3 is 1. The number of ether oxygens (including phenoxy) is 3. The number of carbonyl (C=O) groups excluding carboxylic acids is 1. The van der Waals surface area contributed by atoms with Gasteiger partial charge in [-0.25, -0.2) is 4.98 Å². The number of nitriles is 1. The Bertz CT molecular complexity index is 1370. The Hall–Kier alpha value is -4.16. The monoisotopic (exact) mass is 461 g/mol. The van der Waals surface area contributed by atoms with Gasteiger partial charge in [0.15, 0.2) is 0 Å². The molecule has 4 rings (SSSR count). The summed E-state index contributed by atoms with van der Waals surface area (Å²) in [5.74, 6) is 0.760. The third kappa shape index (κ3) is 5.19. The van der Waals surface area contributed by atoms with Crippen LogP contribution in [0.4, 0.5) is 0 Å². The Morgan fingerprint density at radius 3 is 2.52 bits per heavy atom. The number of hydrogen-bond donors (Lipinski definition) is 0. The molecule has 0 aliphatic heterocycles. The third-order valence-electron chi connectivity index (χ3n) is 4.78. The van der Waals surface area contributed by atoms with Gasteiger partial charge in [0.2, 0.25) is 0 Å². The molecule has 0 unspecified atom stereocenters. The van der Waals surface area contributed by atoms with Gasteiger partial charge in [-0.3, -0.25) is 14.2 Å². The maximum Gasteiger partial charge on any atom is 0.326 e. The number of carbonyl (C=O) groups is 1. The van der Waals surface area contributed by atoms with E-state index in [-0.39, 0.29) is 25.3 Å². The van der Waals surface area contributed by atoms with E-state index in [0.717, 1.165) is 16.2 Å². The molecular weight excluding hydrogens is 442 g/mol. The second kappa shape index (κ2) is 9.97. The zero-order valence-electron chi connectivity index (χ0n) is 17.7. The number of aromatic nitrogens is 2. The zero-order valence-corrected chi connectivity index (χ0v) is 18.5. The van der Waals surface area contributed by atoms with E-state index in [1.165, 1.54) is 22.2 Å². The van der Waals surface area contributed by atoms with Crippen molar-refractivity contribution in [2.75, 3.05) is 20.3 Å². The van der Waals surface area contributed by atoms with E-state index in [1.54, 1.807) is 31.4 Å². The molecule has 8 nitrogen and oxygen atoms in total. The van der Waals surface area contributed by atoms with Gasteiger partial charge in [-0.15, -0.1) is 11.3 Å². The lowest BCUT2D eigenvalue weighted by atomic mass is 10.2. The summed E-state index contributed by atoms with van der Waals surface area (Å²) in [7, 11) is 1.61. The van der Waals surface area contributed by atoms with Gasteiger partial charge < -0.3 is 14.2 Å². The minimum atomic E-state index is -0.561. The fraction of sp³-hybridized carbons (Fsp3) is 0.167. The molecule has 4 aromatic rings. The fourth-order valence-corrected chi connectivity index (χ4v) is 4.15. The zero-order chi connectivity index (χ0) is 23.2. The normalized spacial score (nSPS) is 10.5. The number of nitrogens with zero attached hydrogens (tertiary/aromatic N) is 3. The second-order valence-corrected chi connectivity index (χ2v) is 7.99. The highest BCUT2D eigenvalue weighted by Gasteiger charge is 2.13. The van der Waals surface area contributed by atoms with Crippen molar-refractivity contribution >= 4 is 27.5 Å². The summed E-state index contributed by atoms with van der Waals surface area (Å²) in [6.45, 7) is -0.0573. The minimum Gasteiger partial charge on any atom is -0.497 e. The quantitative estimate of drug-likeness (QED) is 0.292. The first-order valence-corrected chi connectivity index (χ1v) is 10.8. The Morgan fingerprint density at radius 1 is 1.09 bits per heavy atom. The van der Waals surface area contributed by atoms with Crippen molar-refractivity contribution < 1.29 is 19.0 Å². The van der Waals surface area contributed by atoms with Gasteiger partial charge in [0, 0.05) is 4.88 Å². The molecule has 2 aromatic carbocycles. The highest BCUT2D eigenvalue weighted by molar-refractivity contribution is 7.22. The van der Waals surface area contributed by atoms with Crippen LogP contribution in [-0.2, 0) is 16.1 Å². The fourth-order valence-electron chi connectivity index (χ4n) is 3.08. The van der Waals surface area contributed by atoms with Crippen molar-refractivity contribution in [2.45, 2.75) is 6.54 Å². The van der Waals surface area contributed by atoms with Crippen LogP contribution < -0.4 is 15.0 Å². The summed E-state index contributed by atoms with van der Waals surface area (Å²) in [4.78, 5) is 30.2. The summed E-state index contributed by atoms with van der Waals surface area (Å²) in [6, 6.07) is 18.0. The molecule has 0 spiro atoms. The number of esters is 1. The van der Waals surface area contributed by atoms with Gasteiger partial charge in [-0.2, -0.15) is 5.26 Å². The van der Waals surface area contributed by atoms with Gasteiger partial charge >= 0.3 is 5.97 Å². The van der Waals surface area contributed by atoms with Crippen LogP contribution in [0.2, 0.25) is 0 Å². The Morgan fingerprint density at radius 2 is 1.82 bits per heavy atom. The highest BCUT2D eigenvalue weighted by atomic mass is 32.1. The molecule has 2 heterocycles. The van der Waals surface area contributed by atoms with E-state index in [2.05, 4.69) is 4.98 Å². The predicted molar refractivity (Wildman–Crippen MR) is 123 cm³/mol. The van der Waals surface area contributed by atoms with E-state index in [4.69, 9.17) is 19.5 Å². The van der Waals surface area contributed by atoms with E-state index < -0.39 is 5.97 Å². The molecule has 9 heteroatoms. The first kappa shape index (κ1) is 22.0. The summed E-state index contributed by atoms with van der Waals surface area (Å²) in [5.41, 5.74) is 1.77. The van der Waals surface area contributed by atoms with Crippen LogP contribution in [0.25, 0.3) is 20.7 Å². The number of thiophene rings is 1. The van der Waals surface area contributed by atoms with Crippen molar-refractivity contribution in [1.29, 1.82) is 5.26 Å². The minimum absolute atomic E-state index is 0.0316. The molecule has 2 aromatic heterocycles. The summed E-state index contributed by atoms with van der Waals surface area (Å²) in [5, 5.41) is 8.79. The summed E-state index contributed by atoms with van der Waals surface area (Å²) < 4.78 is 17.5.